The van der Waals surface area contributed by atoms with Crippen molar-refractivity contribution in [2.24, 2.45) is 4.99 Å². The van der Waals surface area contributed by atoms with Crippen LogP contribution in [0, 0.1) is 0 Å². The van der Waals surface area contributed by atoms with Gasteiger partial charge in [0.1, 0.15) is 5.60 Å². The molecule has 0 radical (unpaired) electrons. The molecule has 1 aliphatic rings. The van der Waals surface area contributed by atoms with Gasteiger partial charge in [-0.15, -0.1) is 35.3 Å². The van der Waals surface area contributed by atoms with Crippen molar-refractivity contribution in [2.45, 2.75) is 45.4 Å². The Hall–Kier alpha value is -0.420. The molecule has 2 rings (SSSR count). The third-order valence-electron chi connectivity index (χ3n) is 4.49. The summed E-state index contributed by atoms with van der Waals surface area (Å²) in [5.74, 6) is 0.743. The van der Waals surface area contributed by atoms with E-state index >= 15 is 0 Å². The van der Waals surface area contributed by atoms with Crippen LogP contribution in [-0.2, 0) is 10.3 Å². The Labute approximate surface area is 178 Å². The van der Waals surface area contributed by atoms with Gasteiger partial charge in [-0.2, -0.15) is 0 Å². The van der Waals surface area contributed by atoms with Gasteiger partial charge >= 0.3 is 0 Å². The van der Waals surface area contributed by atoms with Gasteiger partial charge in [-0.1, -0.05) is 6.07 Å². The van der Waals surface area contributed by atoms with Crippen LogP contribution < -0.4 is 10.6 Å². The van der Waals surface area contributed by atoms with E-state index in [1.165, 1.54) is 0 Å². The third kappa shape index (κ3) is 6.95. The Bertz CT molecular complexity index is 539. The van der Waals surface area contributed by atoms with E-state index in [1.54, 1.807) is 11.3 Å². The summed E-state index contributed by atoms with van der Waals surface area (Å²) >= 11 is 1.55. The van der Waals surface area contributed by atoms with Crippen molar-refractivity contribution in [3.63, 3.8) is 0 Å². The molecule has 3 N–H and O–H groups in total. The fourth-order valence-electron chi connectivity index (χ4n) is 2.99. The van der Waals surface area contributed by atoms with Crippen LogP contribution in [0.4, 0.5) is 0 Å². The summed E-state index contributed by atoms with van der Waals surface area (Å²) < 4.78 is 5.51. The van der Waals surface area contributed by atoms with E-state index < -0.39 is 5.60 Å². The smallest absolute Gasteiger partial charge is 0.191 e. The van der Waals surface area contributed by atoms with Crippen LogP contribution in [0.15, 0.2) is 22.5 Å². The fourth-order valence-corrected chi connectivity index (χ4v) is 3.77. The molecule has 0 spiro atoms. The summed E-state index contributed by atoms with van der Waals surface area (Å²) in [5, 5.41) is 19.3. The van der Waals surface area contributed by atoms with E-state index in [2.05, 4.69) is 34.4 Å². The number of aliphatic imine (C=N–C) groups is 1. The average molecular weight is 496 g/mol. The van der Waals surface area contributed by atoms with Crippen molar-refractivity contribution in [1.82, 2.24) is 15.5 Å². The largest absolute Gasteiger partial charge is 0.383 e. The van der Waals surface area contributed by atoms with Crippen LogP contribution in [0.5, 0.6) is 0 Å². The number of ether oxygens (including phenoxy) is 1. The summed E-state index contributed by atoms with van der Waals surface area (Å²) in [6.07, 6.45) is 0. The van der Waals surface area contributed by atoms with E-state index in [9.17, 15) is 5.11 Å². The first-order valence-electron chi connectivity index (χ1n) is 9.06. The summed E-state index contributed by atoms with van der Waals surface area (Å²) in [5.41, 5.74) is -0.944. The molecular weight excluding hydrogens is 463 g/mol. The van der Waals surface area contributed by atoms with Gasteiger partial charge < -0.3 is 20.5 Å². The van der Waals surface area contributed by atoms with E-state index in [1.807, 2.05) is 31.4 Å². The molecule has 2 heterocycles. The molecule has 1 fully saturated rings. The second kappa shape index (κ2) is 11.4. The van der Waals surface area contributed by atoms with Crippen molar-refractivity contribution < 1.29 is 9.84 Å². The topological polar surface area (TPSA) is 69.1 Å². The second-order valence-corrected chi connectivity index (χ2v) is 7.79. The lowest BCUT2D eigenvalue weighted by Crippen LogP contribution is -2.53. The Balaban J connectivity index is 0.00000338. The summed E-state index contributed by atoms with van der Waals surface area (Å²) in [6.45, 7) is 12.7. The van der Waals surface area contributed by atoms with Crippen molar-refractivity contribution in [3.05, 3.63) is 22.4 Å². The molecule has 1 aromatic rings. The lowest BCUT2D eigenvalue weighted by atomic mass is 10.1. The number of morpholine rings is 1. The molecule has 0 aliphatic carbocycles. The number of rotatable bonds is 7. The standard InChI is InChI=1S/C18H32N4O2S.HI/c1-5-19-17(21-13-18(4,23)16-7-6-10-25-16)20-11-14(2)22-8-9-24-12-15(22)3;/h6-7,10,14-15,23H,5,8-9,11-13H2,1-4H3,(H2,19,20,21);1H. The first-order chi connectivity index (χ1) is 11.9. The number of thiophene rings is 1. The van der Waals surface area contributed by atoms with Gasteiger partial charge in [-0.25, -0.2) is 4.99 Å². The van der Waals surface area contributed by atoms with Gasteiger partial charge in [0.2, 0.25) is 0 Å². The molecule has 1 saturated heterocycles. The highest BCUT2D eigenvalue weighted by Crippen LogP contribution is 2.25. The molecular formula is C18H33IN4O2S. The SMILES string of the molecule is CCNC(=NCC(C)(O)c1cccs1)NCC(C)N1CCOCC1C.I. The minimum absolute atomic E-state index is 0. The second-order valence-electron chi connectivity index (χ2n) is 6.84. The third-order valence-corrected chi connectivity index (χ3v) is 5.61. The van der Waals surface area contributed by atoms with Crippen LogP contribution in [0.1, 0.15) is 32.6 Å². The van der Waals surface area contributed by atoms with Crippen LogP contribution in [0.3, 0.4) is 0 Å². The zero-order valence-electron chi connectivity index (χ0n) is 16.2. The number of nitrogens with one attached hydrogen (secondary N) is 2. The molecule has 1 aliphatic heterocycles. The lowest BCUT2D eigenvalue weighted by Gasteiger charge is -2.38. The highest BCUT2D eigenvalue weighted by molar-refractivity contribution is 14.0. The molecule has 26 heavy (non-hydrogen) atoms. The minimum atomic E-state index is -0.944. The molecule has 0 bridgehead atoms. The molecule has 150 valence electrons. The molecule has 8 heteroatoms. The zero-order valence-corrected chi connectivity index (χ0v) is 19.3. The van der Waals surface area contributed by atoms with Gasteiger partial charge in [-0.05, 0) is 39.1 Å². The van der Waals surface area contributed by atoms with E-state index in [-0.39, 0.29) is 24.0 Å². The normalized spacial score (nSPS) is 22.2. The molecule has 0 aromatic carbocycles. The molecule has 3 unspecified atom stereocenters. The number of hydrogen-bond acceptors (Lipinski definition) is 5. The predicted octanol–water partition coefficient (Wildman–Crippen LogP) is 2.24. The summed E-state index contributed by atoms with van der Waals surface area (Å²) in [6, 6.07) is 4.72. The summed E-state index contributed by atoms with van der Waals surface area (Å²) in [4.78, 5) is 7.98. The number of guanidine groups is 1. The molecule has 0 saturated carbocycles. The van der Waals surface area contributed by atoms with Gasteiger partial charge in [0, 0.05) is 36.6 Å². The Morgan fingerprint density at radius 2 is 2.31 bits per heavy atom. The maximum Gasteiger partial charge on any atom is 0.191 e. The average Bonchev–Trinajstić information content (AvgIpc) is 3.13. The number of aliphatic hydroxyl groups is 1. The fraction of sp³-hybridized carbons (Fsp3) is 0.722. The maximum atomic E-state index is 10.6. The zero-order chi connectivity index (χ0) is 18.3. The molecule has 3 atom stereocenters. The molecule has 6 nitrogen and oxygen atoms in total. The van der Waals surface area contributed by atoms with Gasteiger partial charge in [0.15, 0.2) is 5.96 Å². The monoisotopic (exact) mass is 496 g/mol. The Kier molecular flexibility index (Phi) is 10.4. The van der Waals surface area contributed by atoms with Crippen LogP contribution in [0.25, 0.3) is 0 Å². The molecule has 1 aromatic heterocycles. The Morgan fingerprint density at radius 1 is 1.54 bits per heavy atom. The number of halogens is 1. The predicted molar refractivity (Wildman–Crippen MR) is 120 cm³/mol. The minimum Gasteiger partial charge on any atom is -0.383 e. The van der Waals surface area contributed by atoms with Gasteiger partial charge in [0.25, 0.3) is 0 Å². The van der Waals surface area contributed by atoms with Crippen molar-refractivity contribution in [3.8, 4) is 0 Å². The Morgan fingerprint density at radius 3 is 2.92 bits per heavy atom. The highest BCUT2D eigenvalue weighted by atomic mass is 127. The van der Waals surface area contributed by atoms with Gasteiger partial charge in [-0.3, -0.25) is 4.90 Å². The van der Waals surface area contributed by atoms with E-state index in [4.69, 9.17) is 4.74 Å². The van der Waals surface area contributed by atoms with Crippen LogP contribution in [0.2, 0.25) is 0 Å². The van der Waals surface area contributed by atoms with Gasteiger partial charge in [0.05, 0.1) is 19.8 Å². The van der Waals surface area contributed by atoms with Crippen LogP contribution in [-0.4, -0.2) is 67.4 Å². The summed E-state index contributed by atoms with van der Waals surface area (Å²) in [7, 11) is 0. The van der Waals surface area contributed by atoms with Crippen molar-refractivity contribution in [2.75, 3.05) is 39.4 Å². The number of nitrogens with zero attached hydrogens (tertiary/aromatic N) is 2. The molecule has 0 amide bonds. The first-order valence-corrected chi connectivity index (χ1v) is 9.94. The van der Waals surface area contributed by atoms with Crippen molar-refractivity contribution in [1.29, 1.82) is 0 Å². The quantitative estimate of drug-likeness (QED) is 0.307. The maximum absolute atomic E-state index is 10.6. The van der Waals surface area contributed by atoms with Crippen molar-refractivity contribution >= 4 is 41.3 Å². The van der Waals surface area contributed by atoms with E-state index in [0.717, 1.165) is 43.7 Å². The lowest BCUT2D eigenvalue weighted by molar-refractivity contribution is -0.0174. The highest BCUT2D eigenvalue weighted by Gasteiger charge is 2.25. The van der Waals surface area contributed by atoms with Crippen LogP contribution >= 0.6 is 35.3 Å². The van der Waals surface area contributed by atoms with E-state index in [0.29, 0.717) is 18.6 Å². The first kappa shape index (κ1) is 23.6. The number of hydrogen-bond donors (Lipinski definition) is 3.